The zero-order valence-electron chi connectivity index (χ0n) is 15.5. The average Bonchev–Trinajstić information content (AvgIpc) is 3.17. The van der Waals surface area contributed by atoms with Crippen LogP contribution in [0.1, 0.15) is 25.7 Å². The molecule has 0 unspecified atom stereocenters. The Bertz CT molecular complexity index is 777. The van der Waals surface area contributed by atoms with Gasteiger partial charge in [-0.15, -0.1) is 0 Å². The van der Waals surface area contributed by atoms with Crippen LogP contribution in [0.4, 0.5) is 0 Å². The number of amides is 4. The Morgan fingerprint density at radius 2 is 0.800 bits per heavy atom. The van der Waals surface area contributed by atoms with Crippen molar-refractivity contribution in [1.29, 1.82) is 0 Å². The first-order valence-corrected chi connectivity index (χ1v) is 8.71. The lowest BCUT2D eigenvalue weighted by Gasteiger charge is -2.12. The summed E-state index contributed by atoms with van der Waals surface area (Å²) in [7, 11) is 0. The number of imide groups is 2. The van der Waals surface area contributed by atoms with Crippen molar-refractivity contribution in [2.24, 2.45) is 0 Å². The van der Waals surface area contributed by atoms with Crippen LogP contribution >= 0.6 is 0 Å². The molecule has 2 aliphatic rings. The predicted molar refractivity (Wildman–Crippen MR) is 92.4 cm³/mol. The van der Waals surface area contributed by atoms with Crippen molar-refractivity contribution in [3.63, 3.8) is 0 Å². The first-order valence-electron chi connectivity index (χ1n) is 8.71. The van der Waals surface area contributed by atoms with Gasteiger partial charge in [-0.1, -0.05) is 0 Å². The van der Waals surface area contributed by atoms with Crippen LogP contribution in [-0.4, -0.2) is 70.4 Å². The molecule has 0 atom stereocenters. The van der Waals surface area contributed by atoms with E-state index in [2.05, 4.69) is 9.47 Å². The molecule has 0 saturated carbocycles. The highest BCUT2D eigenvalue weighted by molar-refractivity contribution is 6.13. The van der Waals surface area contributed by atoms with Gasteiger partial charge in [0.15, 0.2) is 0 Å². The minimum Gasteiger partial charge on any atom is -0.393 e. The summed E-state index contributed by atoms with van der Waals surface area (Å²) in [6.07, 6.45) is 2.27. The quantitative estimate of drug-likeness (QED) is 0.245. The highest BCUT2D eigenvalue weighted by atomic mass is 16.6. The van der Waals surface area contributed by atoms with Gasteiger partial charge in [-0.2, -0.15) is 0 Å². The summed E-state index contributed by atoms with van der Waals surface area (Å²) in [4.78, 5) is 93.1. The minimum absolute atomic E-state index is 0.259. The molecule has 12 nitrogen and oxygen atoms in total. The van der Waals surface area contributed by atoms with E-state index in [0.29, 0.717) is 0 Å². The molecule has 158 valence electrons. The average molecular weight is 420 g/mol. The molecule has 2 rings (SSSR count). The van der Waals surface area contributed by atoms with E-state index < -0.39 is 73.2 Å². The van der Waals surface area contributed by atoms with Crippen molar-refractivity contribution < 1.29 is 47.8 Å². The lowest BCUT2D eigenvalue weighted by molar-refractivity contribution is -0.165. The van der Waals surface area contributed by atoms with Crippen LogP contribution in [-0.2, 0) is 47.8 Å². The van der Waals surface area contributed by atoms with Gasteiger partial charge in [0.2, 0.25) is 0 Å². The zero-order chi connectivity index (χ0) is 22.3. The second-order valence-electron chi connectivity index (χ2n) is 6.02. The maximum Gasteiger partial charge on any atom is 0.315 e. The number of carbonyl (C=O) groups is 8. The summed E-state index contributed by atoms with van der Waals surface area (Å²) < 4.78 is 8.89. The first-order chi connectivity index (χ1) is 14.2. The highest BCUT2D eigenvalue weighted by Crippen LogP contribution is 2.07. The molecule has 0 bridgehead atoms. The van der Waals surface area contributed by atoms with E-state index in [9.17, 15) is 38.4 Å². The Kier molecular flexibility index (Phi) is 7.44. The summed E-state index contributed by atoms with van der Waals surface area (Å²) in [5.41, 5.74) is 0. The minimum atomic E-state index is -1.05. The van der Waals surface area contributed by atoms with Crippen LogP contribution < -0.4 is 0 Å². The van der Waals surface area contributed by atoms with E-state index in [-0.39, 0.29) is 13.1 Å². The Labute approximate surface area is 169 Å². The zero-order valence-corrected chi connectivity index (χ0v) is 15.5. The third kappa shape index (κ3) is 6.29. The van der Waals surface area contributed by atoms with Gasteiger partial charge in [0.25, 0.3) is 23.6 Å². The number of rotatable bonds is 9. The smallest absolute Gasteiger partial charge is 0.315 e. The van der Waals surface area contributed by atoms with Crippen molar-refractivity contribution in [1.82, 2.24) is 9.80 Å². The van der Waals surface area contributed by atoms with Crippen LogP contribution in [0.25, 0.3) is 0 Å². The molecule has 2 heterocycles. The molecule has 0 radical (unpaired) electrons. The fraction of sp³-hybridized carbons (Fsp3) is 0.333. The third-order valence-corrected chi connectivity index (χ3v) is 3.87. The normalized spacial score (nSPS) is 15.2. The Morgan fingerprint density at radius 1 is 0.533 bits per heavy atom. The standard InChI is InChI=1S/C18H16N2O10/c21-11-1-2-12(22)19(11)9-7-17(27)29-15(25)5-6-16(26)30-18(28)8-10-20-13(23)3-4-14(20)24/h1-4H,5-10H2. The highest BCUT2D eigenvalue weighted by Gasteiger charge is 2.26. The van der Waals surface area contributed by atoms with Gasteiger partial charge in [0.1, 0.15) is 0 Å². The fourth-order valence-electron chi connectivity index (χ4n) is 2.37. The fourth-order valence-corrected chi connectivity index (χ4v) is 2.37. The molecular weight excluding hydrogens is 404 g/mol. The van der Waals surface area contributed by atoms with Gasteiger partial charge in [-0.25, -0.2) is 0 Å². The summed E-state index contributed by atoms with van der Waals surface area (Å²) in [6.45, 7) is -0.518. The maximum absolute atomic E-state index is 11.6. The molecule has 2 aliphatic heterocycles. The van der Waals surface area contributed by atoms with Crippen molar-refractivity contribution in [2.45, 2.75) is 25.7 Å². The van der Waals surface area contributed by atoms with E-state index in [0.717, 1.165) is 34.1 Å². The molecule has 4 amide bonds. The Balaban J connectivity index is 1.61. The molecule has 0 saturated heterocycles. The van der Waals surface area contributed by atoms with Gasteiger partial charge in [0.05, 0.1) is 25.7 Å². The second kappa shape index (κ2) is 10.0. The van der Waals surface area contributed by atoms with Gasteiger partial charge < -0.3 is 9.47 Å². The van der Waals surface area contributed by atoms with E-state index >= 15 is 0 Å². The number of ether oxygens (including phenoxy) is 2. The number of hydrogen-bond donors (Lipinski definition) is 0. The lowest BCUT2D eigenvalue weighted by Crippen LogP contribution is -2.32. The number of esters is 4. The molecule has 0 fully saturated rings. The maximum atomic E-state index is 11.6. The summed E-state index contributed by atoms with van der Waals surface area (Å²) in [6, 6.07) is 0. The molecule has 0 spiro atoms. The number of hydrogen-bond acceptors (Lipinski definition) is 10. The summed E-state index contributed by atoms with van der Waals surface area (Å²) in [5.74, 6) is -6.43. The van der Waals surface area contributed by atoms with Crippen LogP contribution in [0.2, 0.25) is 0 Å². The van der Waals surface area contributed by atoms with Crippen molar-refractivity contribution >= 4 is 47.5 Å². The SMILES string of the molecule is O=C(CCC(=O)OC(=O)CCN1C(=O)C=CC1=O)OC(=O)CCN1C(=O)C=CC1=O. The number of nitrogens with zero attached hydrogens (tertiary/aromatic N) is 2. The van der Waals surface area contributed by atoms with Crippen LogP contribution in [0.5, 0.6) is 0 Å². The van der Waals surface area contributed by atoms with E-state index in [1.165, 1.54) is 0 Å². The van der Waals surface area contributed by atoms with E-state index in [4.69, 9.17) is 0 Å². The van der Waals surface area contributed by atoms with Crippen molar-refractivity contribution in [3.05, 3.63) is 24.3 Å². The van der Waals surface area contributed by atoms with Gasteiger partial charge in [-0.3, -0.25) is 48.2 Å². The molecule has 0 N–H and O–H groups in total. The van der Waals surface area contributed by atoms with E-state index in [1.807, 2.05) is 0 Å². The molecule has 30 heavy (non-hydrogen) atoms. The van der Waals surface area contributed by atoms with Crippen LogP contribution in [0.3, 0.4) is 0 Å². The van der Waals surface area contributed by atoms with Crippen molar-refractivity contribution in [3.8, 4) is 0 Å². The molecule has 0 aliphatic carbocycles. The molecular formula is C18H16N2O10. The van der Waals surface area contributed by atoms with Crippen molar-refractivity contribution in [2.75, 3.05) is 13.1 Å². The Hall–Kier alpha value is -3.96. The van der Waals surface area contributed by atoms with Gasteiger partial charge >= 0.3 is 23.9 Å². The lowest BCUT2D eigenvalue weighted by atomic mass is 10.3. The molecule has 0 aromatic carbocycles. The van der Waals surface area contributed by atoms with Gasteiger partial charge in [-0.05, 0) is 0 Å². The predicted octanol–water partition coefficient (Wildman–Crippen LogP) is -1.46. The van der Waals surface area contributed by atoms with Gasteiger partial charge in [0, 0.05) is 37.4 Å². The third-order valence-electron chi connectivity index (χ3n) is 3.87. The summed E-state index contributed by atoms with van der Waals surface area (Å²) in [5, 5.41) is 0. The summed E-state index contributed by atoms with van der Waals surface area (Å²) >= 11 is 0. The topological polar surface area (TPSA) is 162 Å². The molecule has 0 aromatic heterocycles. The van der Waals surface area contributed by atoms with E-state index in [1.54, 1.807) is 0 Å². The first kappa shape index (κ1) is 22.3. The number of carbonyl (C=O) groups excluding carboxylic acids is 8. The Morgan fingerprint density at radius 3 is 1.10 bits per heavy atom. The second-order valence-corrected chi connectivity index (χ2v) is 6.02. The molecule has 12 heteroatoms. The largest absolute Gasteiger partial charge is 0.393 e. The monoisotopic (exact) mass is 420 g/mol. The molecule has 0 aromatic rings. The van der Waals surface area contributed by atoms with Crippen LogP contribution in [0, 0.1) is 0 Å². The van der Waals surface area contributed by atoms with Crippen LogP contribution in [0.15, 0.2) is 24.3 Å².